The highest BCUT2D eigenvalue weighted by Gasteiger charge is 2.20. The van der Waals surface area contributed by atoms with E-state index in [4.69, 9.17) is 0 Å². The predicted octanol–water partition coefficient (Wildman–Crippen LogP) is 2.85. The minimum atomic E-state index is 0.484. The van der Waals surface area contributed by atoms with E-state index < -0.39 is 0 Å². The average Bonchev–Trinajstić information content (AvgIpc) is 2.96. The molecule has 22 heavy (non-hydrogen) atoms. The van der Waals surface area contributed by atoms with Crippen LogP contribution in [0.3, 0.4) is 0 Å². The maximum Gasteiger partial charge on any atom is 0.150 e. The summed E-state index contributed by atoms with van der Waals surface area (Å²) in [7, 11) is 0. The SMILES string of the molecule is CCc1nc2n(n1)CC(NCC(C)=Cc1ccccc1)CC2. The minimum absolute atomic E-state index is 0.484. The van der Waals surface area contributed by atoms with Gasteiger partial charge < -0.3 is 5.32 Å². The predicted molar refractivity (Wildman–Crippen MR) is 89.6 cm³/mol. The van der Waals surface area contributed by atoms with Gasteiger partial charge in [0.1, 0.15) is 5.82 Å². The number of hydrogen-bond acceptors (Lipinski definition) is 3. The highest BCUT2D eigenvalue weighted by atomic mass is 15.4. The van der Waals surface area contributed by atoms with Gasteiger partial charge in [0.25, 0.3) is 0 Å². The Morgan fingerprint density at radius 2 is 2.18 bits per heavy atom. The molecule has 0 radical (unpaired) electrons. The molecule has 1 atom stereocenters. The molecule has 116 valence electrons. The Hall–Kier alpha value is -1.94. The fourth-order valence-corrected chi connectivity index (χ4v) is 2.87. The standard InChI is InChI=1S/C18H24N4/c1-3-17-20-18-10-9-16(13-22(18)21-17)19-12-14(2)11-15-7-5-4-6-8-15/h4-8,11,16,19H,3,9-10,12-13H2,1-2H3. The van der Waals surface area contributed by atoms with Crippen LogP contribution in [-0.4, -0.2) is 27.4 Å². The fourth-order valence-electron chi connectivity index (χ4n) is 2.87. The quantitative estimate of drug-likeness (QED) is 0.922. The van der Waals surface area contributed by atoms with Gasteiger partial charge >= 0.3 is 0 Å². The minimum Gasteiger partial charge on any atom is -0.308 e. The summed E-state index contributed by atoms with van der Waals surface area (Å²) >= 11 is 0. The van der Waals surface area contributed by atoms with Crippen molar-refractivity contribution in [2.75, 3.05) is 6.54 Å². The molecule has 0 aliphatic carbocycles. The molecule has 0 amide bonds. The maximum absolute atomic E-state index is 4.57. The molecule has 2 aromatic rings. The van der Waals surface area contributed by atoms with Crippen LogP contribution >= 0.6 is 0 Å². The third-order valence-corrected chi connectivity index (χ3v) is 4.10. The van der Waals surface area contributed by atoms with E-state index in [1.54, 1.807) is 0 Å². The number of rotatable bonds is 5. The molecule has 0 fully saturated rings. The van der Waals surface area contributed by atoms with Crippen LogP contribution in [0, 0.1) is 0 Å². The molecule has 1 N–H and O–H groups in total. The van der Waals surface area contributed by atoms with Gasteiger partial charge in [-0.3, -0.25) is 0 Å². The third-order valence-electron chi connectivity index (χ3n) is 4.10. The largest absolute Gasteiger partial charge is 0.308 e. The lowest BCUT2D eigenvalue weighted by Crippen LogP contribution is -2.38. The van der Waals surface area contributed by atoms with Gasteiger partial charge in [0.2, 0.25) is 0 Å². The number of hydrogen-bond donors (Lipinski definition) is 1. The van der Waals surface area contributed by atoms with E-state index in [0.29, 0.717) is 6.04 Å². The summed E-state index contributed by atoms with van der Waals surface area (Å²) in [5.41, 5.74) is 2.61. The van der Waals surface area contributed by atoms with E-state index in [1.807, 2.05) is 6.07 Å². The Morgan fingerprint density at radius 3 is 2.95 bits per heavy atom. The zero-order valence-electron chi connectivity index (χ0n) is 13.4. The zero-order valence-corrected chi connectivity index (χ0v) is 13.4. The number of aromatic nitrogens is 3. The summed E-state index contributed by atoms with van der Waals surface area (Å²) in [5.74, 6) is 2.11. The van der Waals surface area contributed by atoms with Crippen molar-refractivity contribution in [3.05, 3.63) is 53.1 Å². The summed E-state index contributed by atoms with van der Waals surface area (Å²) in [5, 5.41) is 8.22. The molecule has 0 spiro atoms. The van der Waals surface area contributed by atoms with Crippen molar-refractivity contribution in [2.24, 2.45) is 0 Å². The first-order valence-electron chi connectivity index (χ1n) is 8.13. The zero-order chi connectivity index (χ0) is 15.4. The molecule has 4 nitrogen and oxygen atoms in total. The van der Waals surface area contributed by atoms with E-state index in [9.17, 15) is 0 Å². The number of aryl methyl sites for hydroxylation is 2. The second kappa shape index (κ2) is 6.88. The molecule has 0 saturated carbocycles. The molecule has 3 rings (SSSR count). The molecule has 1 aromatic carbocycles. The van der Waals surface area contributed by atoms with Crippen LogP contribution in [0.15, 0.2) is 35.9 Å². The second-order valence-electron chi connectivity index (χ2n) is 6.00. The Kier molecular flexibility index (Phi) is 4.68. The Bertz CT molecular complexity index is 642. The van der Waals surface area contributed by atoms with Crippen molar-refractivity contribution >= 4 is 6.08 Å². The van der Waals surface area contributed by atoms with Crippen LogP contribution in [0.2, 0.25) is 0 Å². The molecule has 2 heterocycles. The first-order chi connectivity index (χ1) is 10.7. The number of nitrogens with one attached hydrogen (secondary N) is 1. The van der Waals surface area contributed by atoms with Gasteiger partial charge in [0.15, 0.2) is 5.82 Å². The van der Waals surface area contributed by atoms with Crippen LogP contribution in [0.1, 0.15) is 37.5 Å². The lowest BCUT2D eigenvalue weighted by molar-refractivity contribution is 0.367. The summed E-state index contributed by atoms with van der Waals surface area (Å²) in [6, 6.07) is 11.0. The normalized spacial score (nSPS) is 18.3. The molecule has 1 aliphatic rings. The number of benzene rings is 1. The number of nitrogens with zero attached hydrogens (tertiary/aromatic N) is 3. The first kappa shape index (κ1) is 15.0. The van der Waals surface area contributed by atoms with Gasteiger partial charge in [0.05, 0.1) is 6.54 Å². The van der Waals surface area contributed by atoms with Gasteiger partial charge in [-0.15, -0.1) is 0 Å². The van der Waals surface area contributed by atoms with Crippen molar-refractivity contribution in [2.45, 2.75) is 45.7 Å². The van der Waals surface area contributed by atoms with Gasteiger partial charge in [-0.2, -0.15) is 5.10 Å². The van der Waals surface area contributed by atoms with Crippen LogP contribution < -0.4 is 5.32 Å². The van der Waals surface area contributed by atoms with E-state index in [1.165, 1.54) is 11.1 Å². The van der Waals surface area contributed by atoms with Gasteiger partial charge in [-0.05, 0) is 18.9 Å². The average molecular weight is 296 g/mol. The van der Waals surface area contributed by atoms with Crippen molar-refractivity contribution in [1.29, 1.82) is 0 Å². The molecule has 0 saturated heterocycles. The second-order valence-corrected chi connectivity index (χ2v) is 6.00. The number of fused-ring (bicyclic) bond motifs is 1. The molecule has 4 heteroatoms. The molecular formula is C18H24N4. The summed E-state index contributed by atoms with van der Waals surface area (Å²) < 4.78 is 2.08. The topological polar surface area (TPSA) is 42.7 Å². The van der Waals surface area contributed by atoms with Crippen LogP contribution in [0.5, 0.6) is 0 Å². The molecular weight excluding hydrogens is 272 g/mol. The maximum atomic E-state index is 4.57. The van der Waals surface area contributed by atoms with Crippen LogP contribution in [0.25, 0.3) is 6.08 Å². The fraction of sp³-hybridized carbons (Fsp3) is 0.444. The lowest BCUT2D eigenvalue weighted by Gasteiger charge is -2.23. The van der Waals surface area contributed by atoms with Crippen LogP contribution in [-0.2, 0) is 19.4 Å². The Labute approximate surface area is 132 Å². The summed E-state index contributed by atoms with van der Waals surface area (Å²) in [6.07, 6.45) is 5.31. The van der Waals surface area contributed by atoms with Crippen molar-refractivity contribution < 1.29 is 0 Å². The van der Waals surface area contributed by atoms with Crippen LogP contribution in [0.4, 0.5) is 0 Å². The third kappa shape index (κ3) is 3.63. The molecule has 1 unspecified atom stereocenters. The van der Waals surface area contributed by atoms with Gasteiger partial charge in [-0.1, -0.05) is 48.9 Å². The van der Waals surface area contributed by atoms with E-state index in [0.717, 1.165) is 44.0 Å². The monoisotopic (exact) mass is 296 g/mol. The Balaban J connectivity index is 1.55. The van der Waals surface area contributed by atoms with Gasteiger partial charge in [-0.25, -0.2) is 9.67 Å². The van der Waals surface area contributed by atoms with Crippen molar-refractivity contribution in [3.8, 4) is 0 Å². The van der Waals surface area contributed by atoms with E-state index in [-0.39, 0.29) is 0 Å². The summed E-state index contributed by atoms with van der Waals surface area (Å²) in [4.78, 5) is 4.57. The van der Waals surface area contributed by atoms with Crippen molar-refractivity contribution in [1.82, 2.24) is 20.1 Å². The van der Waals surface area contributed by atoms with Crippen molar-refractivity contribution in [3.63, 3.8) is 0 Å². The molecule has 1 aromatic heterocycles. The van der Waals surface area contributed by atoms with Gasteiger partial charge in [0, 0.05) is 25.4 Å². The first-order valence-corrected chi connectivity index (χ1v) is 8.13. The lowest BCUT2D eigenvalue weighted by atomic mass is 10.1. The highest BCUT2D eigenvalue weighted by Crippen LogP contribution is 2.14. The van der Waals surface area contributed by atoms with E-state index in [2.05, 4.69) is 64.3 Å². The molecule has 1 aliphatic heterocycles. The Morgan fingerprint density at radius 1 is 1.36 bits per heavy atom. The van der Waals surface area contributed by atoms with E-state index >= 15 is 0 Å². The summed E-state index contributed by atoms with van der Waals surface area (Å²) in [6.45, 7) is 6.14. The smallest absolute Gasteiger partial charge is 0.150 e. The molecule has 0 bridgehead atoms. The highest BCUT2D eigenvalue weighted by molar-refractivity contribution is 5.52.